The van der Waals surface area contributed by atoms with Gasteiger partial charge in [-0.3, -0.25) is 0 Å². The van der Waals surface area contributed by atoms with Crippen LogP contribution in [-0.4, -0.2) is 12.8 Å². The van der Waals surface area contributed by atoms with Crippen molar-refractivity contribution in [1.82, 2.24) is 0 Å². The van der Waals surface area contributed by atoms with E-state index in [0.29, 0.717) is 28.2 Å². The Morgan fingerprint density at radius 2 is 1.29 bits per heavy atom. The molecule has 4 aromatic carbocycles. The van der Waals surface area contributed by atoms with E-state index in [9.17, 15) is 0 Å². The summed E-state index contributed by atoms with van der Waals surface area (Å²) >= 11 is 2.11. The van der Waals surface area contributed by atoms with E-state index in [-0.39, 0.29) is 23.0 Å². The van der Waals surface area contributed by atoms with Crippen LogP contribution in [0.15, 0.2) is 72.8 Å². The fourth-order valence-corrected chi connectivity index (χ4v) is 15.6. The smallest absolute Gasteiger partial charge is 0.264 e. The van der Waals surface area contributed by atoms with Crippen LogP contribution in [0.3, 0.4) is 0 Å². The monoisotopic (exact) mass is 799 g/mol. The van der Waals surface area contributed by atoms with E-state index >= 15 is 0 Å². The van der Waals surface area contributed by atoms with E-state index in [1.54, 1.807) is 10.3 Å². The third-order valence-corrected chi connectivity index (χ3v) is 20.2. The largest absolute Gasteiger partial charge is 0.337 e. The van der Waals surface area contributed by atoms with Gasteiger partial charge in [-0.2, -0.15) is 0 Å². The number of nitrogens with zero attached hydrogens (tertiary/aromatic N) is 2. The quantitative estimate of drug-likeness (QED) is 0.165. The molecule has 11 rings (SSSR count). The maximum Gasteiger partial charge on any atom is 0.264 e. The number of benzene rings is 4. The molecule has 5 aromatic rings. The average molecular weight is 799 g/mol. The maximum absolute atomic E-state index is 2.99. The number of hydrogen-bond acceptors (Lipinski definition) is 3. The third-order valence-electron chi connectivity index (χ3n) is 19.0. The van der Waals surface area contributed by atoms with E-state index < -0.39 is 0 Å². The van der Waals surface area contributed by atoms with Gasteiger partial charge in [0.1, 0.15) is 0 Å². The summed E-state index contributed by atoms with van der Waals surface area (Å²) in [6, 6.07) is 30.4. The molecule has 6 unspecified atom stereocenters. The molecule has 2 nitrogen and oxygen atoms in total. The first-order chi connectivity index (χ1) is 27.6. The van der Waals surface area contributed by atoms with Gasteiger partial charge in [0.15, 0.2) is 0 Å². The second-order valence-electron chi connectivity index (χ2n) is 24.0. The van der Waals surface area contributed by atoms with E-state index in [4.69, 9.17) is 0 Å². The van der Waals surface area contributed by atoms with Gasteiger partial charge in [0.05, 0.1) is 5.69 Å². The Morgan fingerprint density at radius 3 is 1.88 bits per heavy atom. The summed E-state index contributed by atoms with van der Waals surface area (Å²) < 4.78 is 3.03. The van der Waals surface area contributed by atoms with Gasteiger partial charge in [-0.1, -0.05) is 113 Å². The number of rotatable bonds is 3. The van der Waals surface area contributed by atoms with Crippen LogP contribution in [0, 0.1) is 40.4 Å². The van der Waals surface area contributed by atoms with Crippen LogP contribution in [0.4, 0.5) is 28.4 Å². The second-order valence-corrected chi connectivity index (χ2v) is 25.1. The minimum Gasteiger partial charge on any atom is -0.337 e. The molecule has 4 heteroatoms. The first-order valence-corrected chi connectivity index (χ1v) is 24.0. The summed E-state index contributed by atoms with van der Waals surface area (Å²) in [4.78, 5) is 5.63. The molecule has 3 heterocycles. The number of aryl methyl sites for hydroxylation is 1. The SMILES string of the molecule is Cc1cc2c3c(c1)N(C1CC4CCC1(C)C4(C)C)c1c(sc4ccc(C5CC6CCC5(C)C6(C)C)cc14)B3c1cc(C(C)(C)C)ccc1N2c1ccc(C(C)(C)C)cc1. The fraction of sp³-hybridized carbons (Fsp3) is 0.527. The second kappa shape index (κ2) is 11.9. The maximum atomic E-state index is 2.99. The molecular weight excluding hydrogens is 731 g/mol. The van der Waals surface area contributed by atoms with Gasteiger partial charge < -0.3 is 9.80 Å². The van der Waals surface area contributed by atoms with Gasteiger partial charge in [-0.05, 0) is 171 Å². The summed E-state index contributed by atoms with van der Waals surface area (Å²) in [6.45, 7) is 32.3. The van der Waals surface area contributed by atoms with Gasteiger partial charge in [0.25, 0.3) is 6.71 Å². The average Bonchev–Trinajstić information content (AvgIpc) is 3.84. The van der Waals surface area contributed by atoms with Crippen LogP contribution in [-0.2, 0) is 10.8 Å². The van der Waals surface area contributed by atoms with E-state index in [2.05, 4.69) is 184 Å². The molecule has 6 aliphatic rings. The van der Waals surface area contributed by atoms with Crippen molar-refractivity contribution in [2.45, 2.75) is 151 Å². The summed E-state index contributed by atoms with van der Waals surface area (Å²) in [5.41, 5.74) is 17.1. The minimum atomic E-state index is 0.0387. The molecule has 4 fully saturated rings. The molecule has 0 spiro atoms. The van der Waals surface area contributed by atoms with Crippen molar-refractivity contribution < 1.29 is 0 Å². The van der Waals surface area contributed by atoms with Gasteiger partial charge in [-0.15, -0.1) is 11.3 Å². The standard InChI is InChI=1S/C55H67BN2S/c1-32-26-43-47-44(27-32)58(46-31-37-23-25-55(46,13)53(37,10)11)48-39-28-33(40-29-36-22-24-54(40,12)52(36,8)9)14-21-45(39)59-49(48)56(47)41-30-35(51(5,6)7)17-20-42(41)57(43)38-18-15-34(16-19-38)50(2,3)4/h14-21,26-28,30,36-37,40,46H,22-25,29,31H2,1-13H3. The Kier molecular flexibility index (Phi) is 7.75. The summed E-state index contributed by atoms with van der Waals surface area (Å²) in [5, 5.41) is 1.51. The van der Waals surface area contributed by atoms with Crippen LogP contribution in [0.25, 0.3) is 10.1 Å². The van der Waals surface area contributed by atoms with E-state index in [0.717, 1.165) is 11.8 Å². The first-order valence-electron chi connectivity index (χ1n) is 23.2. The van der Waals surface area contributed by atoms with E-state index in [1.807, 2.05) is 0 Å². The first kappa shape index (κ1) is 38.4. The lowest BCUT2D eigenvalue weighted by atomic mass is 9.36. The molecular formula is C55H67BN2S. The van der Waals surface area contributed by atoms with Crippen LogP contribution in [0.5, 0.6) is 0 Å². The zero-order valence-corrected chi connectivity index (χ0v) is 39.2. The summed E-state index contributed by atoms with van der Waals surface area (Å²) in [6.07, 6.45) is 8.04. The lowest BCUT2D eigenvalue weighted by Gasteiger charge is -2.50. The zero-order valence-electron chi connectivity index (χ0n) is 38.4. The highest BCUT2D eigenvalue weighted by Gasteiger charge is 2.65. The number of thiophene rings is 1. The van der Waals surface area contributed by atoms with Crippen molar-refractivity contribution in [2.75, 3.05) is 9.80 Å². The topological polar surface area (TPSA) is 6.48 Å². The third kappa shape index (κ3) is 4.93. The molecule has 0 amide bonds. The van der Waals surface area contributed by atoms with Crippen molar-refractivity contribution >= 4 is 72.3 Å². The highest BCUT2D eigenvalue weighted by Crippen LogP contribution is 2.71. The highest BCUT2D eigenvalue weighted by molar-refractivity contribution is 7.33. The van der Waals surface area contributed by atoms with Crippen LogP contribution < -0.4 is 25.5 Å². The van der Waals surface area contributed by atoms with Crippen LogP contribution in [0.1, 0.15) is 150 Å². The van der Waals surface area contributed by atoms with Crippen molar-refractivity contribution in [3.8, 4) is 0 Å². The molecule has 0 saturated heterocycles. The Labute approximate surface area is 360 Å². The molecule has 4 bridgehead atoms. The molecule has 6 atom stereocenters. The lowest BCUT2D eigenvalue weighted by Crippen LogP contribution is -2.63. The minimum absolute atomic E-state index is 0.0387. The predicted molar refractivity (Wildman–Crippen MR) is 257 cm³/mol. The molecule has 306 valence electrons. The molecule has 4 saturated carbocycles. The Balaban J connectivity index is 1.20. The molecule has 0 N–H and O–H groups in total. The molecule has 1 aromatic heterocycles. The van der Waals surface area contributed by atoms with Gasteiger partial charge in [0, 0.05) is 43.7 Å². The summed E-state index contributed by atoms with van der Waals surface area (Å²) in [7, 11) is 0. The molecule has 2 aliphatic heterocycles. The lowest BCUT2D eigenvalue weighted by molar-refractivity contribution is 0.134. The number of hydrogen-bond donors (Lipinski definition) is 0. The van der Waals surface area contributed by atoms with Crippen molar-refractivity contribution in [3.05, 3.63) is 95.1 Å². The van der Waals surface area contributed by atoms with Crippen LogP contribution >= 0.6 is 11.3 Å². The van der Waals surface area contributed by atoms with Gasteiger partial charge in [-0.25, -0.2) is 0 Å². The van der Waals surface area contributed by atoms with Crippen molar-refractivity contribution in [3.63, 3.8) is 0 Å². The summed E-state index contributed by atoms with van der Waals surface area (Å²) in [5.74, 6) is 2.20. The highest BCUT2D eigenvalue weighted by atomic mass is 32.1. The Hall–Kier alpha value is -3.50. The number of fused-ring (bicyclic) bond motifs is 10. The van der Waals surface area contributed by atoms with Crippen LogP contribution in [0.2, 0.25) is 0 Å². The van der Waals surface area contributed by atoms with Crippen molar-refractivity contribution in [1.29, 1.82) is 0 Å². The predicted octanol–water partition coefficient (Wildman–Crippen LogP) is 13.7. The van der Waals surface area contributed by atoms with Gasteiger partial charge in [0.2, 0.25) is 0 Å². The number of anilines is 5. The molecule has 0 radical (unpaired) electrons. The molecule has 59 heavy (non-hydrogen) atoms. The van der Waals surface area contributed by atoms with Gasteiger partial charge >= 0.3 is 0 Å². The Bertz CT molecular complexity index is 2580. The van der Waals surface area contributed by atoms with Crippen molar-refractivity contribution in [2.24, 2.45) is 33.5 Å². The zero-order chi connectivity index (χ0) is 41.6. The normalized spacial score (nSPS) is 29.7. The molecule has 4 aliphatic carbocycles. The fourth-order valence-electron chi connectivity index (χ4n) is 14.3. The van der Waals surface area contributed by atoms with E-state index in [1.165, 1.54) is 105 Å². The Morgan fingerprint density at radius 1 is 0.661 bits per heavy atom.